The lowest BCUT2D eigenvalue weighted by atomic mass is 9.87. The molecule has 0 fully saturated rings. The molecule has 29 heavy (non-hydrogen) atoms. The van der Waals surface area contributed by atoms with Gasteiger partial charge in [0.1, 0.15) is 5.82 Å². The summed E-state index contributed by atoms with van der Waals surface area (Å²) in [5, 5.41) is 6.72. The summed E-state index contributed by atoms with van der Waals surface area (Å²) in [5.41, 5.74) is 4.32. The molecule has 2 aromatic carbocycles. The second-order valence-corrected chi connectivity index (χ2v) is 8.05. The van der Waals surface area contributed by atoms with Crippen molar-refractivity contribution in [3.05, 3.63) is 66.2 Å². The van der Waals surface area contributed by atoms with Crippen LogP contribution in [-0.2, 0) is 10.2 Å². The van der Waals surface area contributed by atoms with Crippen LogP contribution in [0.25, 0.3) is 11.3 Å². The first kappa shape index (κ1) is 20.8. The van der Waals surface area contributed by atoms with Crippen molar-refractivity contribution in [2.45, 2.75) is 32.6 Å². The molecule has 5 heteroatoms. The Morgan fingerprint density at radius 3 is 2.31 bits per heavy atom. The van der Waals surface area contributed by atoms with E-state index in [9.17, 15) is 0 Å². The van der Waals surface area contributed by atoms with Crippen molar-refractivity contribution in [2.75, 3.05) is 30.9 Å². The molecule has 0 radical (unpaired) electrons. The number of anilines is 3. The van der Waals surface area contributed by atoms with Crippen molar-refractivity contribution in [1.82, 2.24) is 9.97 Å². The SMILES string of the molecule is COCCCNc1cc(-c2ccccc2)nc(Nc2ccc(C(C)(C)C)cc2)n1. The number of nitrogens with one attached hydrogen (secondary N) is 2. The third-order valence-corrected chi connectivity index (χ3v) is 4.63. The van der Waals surface area contributed by atoms with E-state index in [4.69, 9.17) is 9.72 Å². The van der Waals surface area contributed by atoms with Crippen molar-refractivity contribution in [3.63, 3.8) is 0 Å². The smallest absolute Gasteiger partial charge is 0.229 e. The number of aromatic nitrogens is 2. The minimum absolute atomic E-state index is 0.127. The largest absolute Gasteiger partial charge is 0.385 e. The van der Waals surface area contributed by atoms with Gasteiger partial charge in [-0.25, -0.2) is 4.98 Å². The van der Waals surface area contributed by atoms with Crippen LogP contribution >= 0.6 is 0 Å². The van der Waals surface area contributed by atoms with Crippen LogP contribution in [0.3, 0.4) is 0 Å². The Morgan fingerprint density at radius 2 is 1.66 bits per heavy atom. The summed E-state index contributed by atoms with van der Waals surface area (Å²) >= 11 is 0. The molecule has 0 aliphatic carbocycles. The number of hydrogen-bond donors (Lipinski definition) is 2. The zero-order valence-electron chi connectivity index (χ0n) is 17.7. The molecule has 0 unspecified atom stereocenters. The van der Waals surface area contributed by atoms with Gasteiger partial charge in [0, 0.05) is 37.6 Å². The lowest BCUT2D eigenvalue weighted by Crippen LogP contribution is -2.11. The van der Waals surface area contributed by atoms with E-state index in [2.05, 4.69) is 72.8 Å². The first-order valence-corrected chi connectivity index (χ1v) is 10.0. The molecule has 1 heterocycles. The highest BCUT2D eigenvalue weighted by molar-refractivity contribution is 5.66. The number of nitrogens with zero attached hydrogens (tertiary/aromatic N) is 2. The van der Waals surface area contributed by atoms with E-state index in [1.807, 2.05) is 24.3 Å². The standard InChI is InChI=1S/C24H30N4O/c1-24(2,3)19-11-13-20(14-12-19)26-23-27-21(18-9-6-5-7-10-18)17-22(28-23)25-15-8-16-29-4/h5-7,9-14,17H,8,15-16H2,1-4H3,(H2,25,26,27,28). The second-order valence-electron chi connectivity index (χ2n) is 8.05. The van der Waals surface area contributed by atoms with E-state index in [1.54, 1.807) is 7.11 Å². The first-order valence-electron chi connectivity index (χ1n) is 10.0. The number of methoxy groups -OCH3 is 1. The zero-order chi connectivity index (χ0) is 20.7. The van der Waals surface area contributed by atoms with Gasteiger partial charge >= 0.3 is 0 Å². The van der Waals surface area contributed by atoms with Crippen LogP contribution in [0.5, 0.6) is 0 Å². The average Bonchev–Trinajstić information content (AvgIpc) is 2.71. The molecule has 5 nitrogen and oxygen atoms in total. The summed E-state index contributed by atoms with van der Waals surface area (Å²) in [4.78, 5) is 9.38. The van der Waals surface area contributed by atoms with Crippen molar-refractivity contribution < 1.29 is 4.74 Å². The highest BCUT2D eigenvalue weighted by Gasteiger charge is 2.13. The van der Waals surface area contributed by atoms with E-state index in [-0.39, 0.29) is 5.41 Å². The summed E-state index contributed by atoms with van der Waals surface area (Å²) in [6, 6.07) is 20.6. The number of ether oxygens (including phenoxy) is 1. The van der Waals surface area contributed by atoms with Gasteiger partial charge in [-0.2, -0.15) is 4.98 Å². The van der Waals surface area contributed by atoms with Gasteiger partial charge in [-0.15, -0.1) is 0 Å². The Morgan fingerprint density at radius 1 is 0.931 bits per heavy atom. The Labute approximate surface area is 173 Å². The Hall–Kier alpha value is -2.92. The first-order chi connectivity index (χ1) is 14.0. The number of rotatable bonds is 8. The van der Waals surface area contributed by atoms with Gasteiger partial charge in [0.2, 0.25) is 5.95 Å². The van der Waals surface area contributed by atoms with Crippen molar-refractivity contribution >= 4 is 17.5 Å². The van der Waals surface area contributed by atoms with Crippen LogP contribution in [-0.4, -0.2) is 30.2 Å². The third kappa shape index (κ3) is 6.03. The van der Waals surface area contributed by atoms with E-state index >= 15 is 0 Å². The Kier molecular flexibility index (Phi) is 6.83. The van der Waals surface area contributed by atoms with Gasteiger partial charge in [-0.1, -0.05) is 63.2 Å². The van der Waals surface area contributed by atoms with Crippen LogP contribution < -0.4 is 10.6 Å². The van der Waals surface area contributed by atoms with Gasteiger partial charge < -0.3 is 15.4 Å². The van der Waals surface area contributed by atoms with Gasteiger partial charge in [0.05, 0.1) is 5.69 Å². The predicted molar refractivity (Wildman–Crippen MR) is 121 cm³/mol. The van der Waals surface area contributed by atoms with Crippen LogP contribution in [0.2, 0.25) is 0 Å². The topological polar surface area (TPSA) is 59.1 Å². The molecular weight excluding hydrogens is 360 g/mol. The third-order valence-electron chi connectivity index (χ3n) is 4.63. The molecular formula is C24H30N4O. The fourth-order valence-corrected chi connectivity index (χ4v) is 2.97. The molecule has 152 valence electrons. The fourth-order valence-electron chi connectivity index (χ4n) is 2.97. The molecule has 3 aromatic rings. The van der Waals surface area contributed by atoms with Gasteiger partial charge in [-0.3, -0.25) is 0 Å². The molecule has 2 N–H and O–H groups in total. The van der Waals surface area contributed by atoms with Crippen molar-refractivity contribution in [3.8, 4) is 11.3 Å². The summed E-state index contributed by atoms with van der Waals surface area (Å²) in [6.45, 7) is 8.14. The summed E-state index contributed by atoms with van der Waals surface area (Å²) in [7, 11) is 1.71. The Bertz CT molecular complexity index is 902. The van der Waals surface area contributed by atoms with Crippen LogP contribution in [0.1, 0.15) is 32.8 Å². The molecule has 0 spiro atoms. The van der Waals surface area contributed by atoms with Crippen LogP contribution in [0.15, 0.2) is 60.7 Å². The monoisotopic (exact) mass is 390 g/mol. The number of hydrogen-bond acceptors (Lipinski definition) is 5. The molecule has 0 bridgehead atoms. The highest BCUT2D eigenvalue weighted by atomic mass is 16.5. The molecule has 0 saturated heterocycles. The zero-order valence-corrected chi connectivity index (χ0v) is 17.7. The summed E-state index contributed by atoms with van der Waals surface area (Å²) in [6.07, 6.45) is 0.915. The summed E-state index contributed by atoms with van der Waals surface area (Å²) in [5.74, 6) is 1.37. The quantitative estimate of drug-likeness (QED) is 0.488. The lowest BCUT2D eigenvalue weighted by Gasteiger charge is -2.19. The predicted octanol–water partition coefficient (Wildman–Crippen LogP) is 5.63. The molecule has 0 aliphatic heterocycles. The highest BCUT2D eigenvalue weighted by Crippen LogP contribution is 2.26. The Balaban J connectivity index is 1.84. The molecule has 0 aliphatic rings. The van der Waals surface area contributed by atoms with E-state index in [1.165, 1.54) is 5.56 Å². The fraction of sp³-hybridized carbons (Fsp3) is 0.333. The lowest BCUT2D eigenvalue weighted by molar-refractivity contribution is 0.198. The molecule has 1 aromatic heterocycles. The molecule has 3 rings (SSSR count). The summed E-state index contributed by atoms with van der Waals surface area (Å²) < 4.78 is 5.12. The minimum atomic E-state index is 0.127. The van der Waals surface area contributed by atoms with Gasteiger partial charge in [0.25, 0.3) is 0 Å². The van der Waals surface area contributed by atoms with Crippen molar-refractivity contribution in [2.24, 2.45) is 0 Å². The number of benzene rings is 2. The average molecular weight is 391 g/mol. The maximum atomic E-state index is 5.12. The normalized spacial score (nSPS) is 11.3. The van der Waals surface area contributed by atoms with Gasteiger partial charge in [-0.05, 0) is 29.5 Å². The molecule has 0 amide bonds. The second kappa shape index (κ2) is 9.52. The molecule has 0 saturated carbocycles. The maximum absolute atomic E-state index is 5.12. The van der Waals surface area contributed by atoms with Gasteiger partial charge in [0.15, 0.2) is 0 Å². The maximum Gasteiger partial charge on any atom is 0.229 e. The van der Waals surface area contributed by atoms with E-state index in [0.29, 0.717) is 5.95 Å². The minimum Gasteiger partial charge on any atom is -0.385 e. The molecule has 0 atom stereocenters. The van der Waals surface area contributed by atoms with E-state index in [0.717, 1.165) is 42.3 Å². The van der Waals surface area contributed by atoms with Crippen LogP contribution in [0, 0.1) is 0 Å². The van der Waals surface area contributed by atoms with Crippen LogP contribution in [0.4, 0.5) is 17.5 Å². The van der Waals surface area contributed by atoms with Crippen molar-refractivity contribution in [1.29, 1.82) is 0 Å². The van der Waals surface area contributed by atoms with E-state index < -0.39 is 0 Å².